The second kappa shape index (κ2) is 9.33. The molecular weight excluding hydrogens is 448 g/mol. The number of nitrogens with zero attached hydrogens (tertiary/aromatic N) is 3. The molecule has 4 aromatic rings. The summed E-state index contributed by atoms with van der Waals surface area (Å²) in [4.78, 5) is 13.5. The number of hydrogen-bond acceptors (Lipinski definition) is 4. The topological polar surface area (TPSA) is 50.7 Å². The Hall–Kier alpha value is -2.50. The third-order valence-electron chi connectivity index (χ3n) is 4.66. The first kappa shape index (κ1) is 19.8. The highest BCUT2D eigenvalue weighted by molar-refractivity contribution is 9.10. The lowest BCUT2D eigenvalue weighted by molar-refractivity contribution is 0.789. The van der Waals surface area contributed by atoms with Crippen LogP contribution in [0.5, 0.6) is 0 Å². The molecule has 0 saturated heterocycles. The van der Waals surface area contributed by atoms with Gasteiger partial charge in [0.15, 0.2) is 0 Å². The number of nitrogens with one attached hydrogen (secondary N) is 1. The van der Waals surface area contributed by atoms with Crippen LogP contribution in [-0.2, 0) is 12.8 Å². The molecule has 0 saturated carbocycles. The van der Waals surface area contributed by atoms with Gasteiger partial charge in [0, 0.05) is 58.0 Å². The Labute approximate surface area is 183 Å². The maximum Gasteiger partial charge on any atom is 0.128 e. The van der Waals surface area contributed by atoms with Crippen molar-refractivity contribution in [2.45, 2.75) is 19.3 Å². The molecule has 0 aliphatic heterocycles. The number of hydrogen-bond donors (Lipinski definition) is 1. The first-order valence-electron chi connectivity index (χ1n) is 9.51. The van der Waals surface area contributed by atoms with Crippen LogP contribution >= 0.6 is 27.5 Å². The molecule has 2 aromatic carbocycles. The first-order chi connectivity index (χ1) is 14.2. The lowest BCUT2D eigenvalue weighted by atomic mass is 10.1. The fourth-order valence-corrected chi connectivity index (χ4v) is 3.65. The molecule has 0 aliphatic carbocycles. The van der Waals surface area contributed by atoms with Gasteiger partial charge in [-0.2, -0.15) is 0 Å². The first-order valence-corrected chi connectivity index (χ1v) is 10.7. The Morgan fingerprint density at radius 1 is 0.931 bits per heavy atom. The van der Waals surface area contributed by atoms with Gasteiger partial charge in [0.25, 0.3) is 0 Å². The van der Waals surface area contributed by atoms with Crippen molar-refractivity contribution in [3.63, 3.8) is 0 Å². The van der Waals surface area contributed by atoms with Crippen LogP contribution in [0.1, 0.15) is 23.5 Å². The number of aryl methyl sites for hydroxylation is 1. The molecule has 0 radical (unpaired) electrons. The molecule has 4 rings (SSSR count). The van der Waals surface area contributed by atoms with E-state index in [1.54, 1.807) is 6.20 Å². The molecule has 6 heteroatoms. The highest BCUT2D eigenvalue weighted by atomic mass is 79.9. The molecule has 0 atom stereocenters. The second-order valence-electron chi connectivity index (χ2n) is 6.82. The quantitative estimate of drug-likeness (QED) is 0.335. The summed E-state index contributed by atoms with van der Waals surface area (Å²) in [7, 11) is 0. The average molecular weight is 468 g/mol. The van der Waals surface area contributed by atoms with E-state index >= 15 is 0 Å². The lowest BCUT2D eigenvalue weighted by Gasteiger charge is -2.09. The van der Waals surface area contributed by atoms with E-state index in [0.29, 0.717) is 5.02 Å². The normalized spacial score (nSPS) is 11.0. The predicted molar refractivity (Wildman–Crippen MR) is 123 cm³/mol. The Morgan fingerprint density at radius 3 is 2.62 bits per heavy atom. The molecule has 0 unspecified atom stereocenters. The minimum absolute atomic E-state index is 0.697. The monoisotopic (exact) mass is 466 g/mol. The molecule has 29 heavy (non-hydrogen) atoms. The number of rotatable bonds is 7. The highest BCUT2D eigenvalue weighted by Gasteiger charge is 2.04. The van der Waals surface area contributed by atoms with E-state index in [1.807, 2.05) is 36.5 Å². The SMILES string of the molecule is Clc1ccc2c(NCCCc3nccc(Cc4ccc(Br)cc4)n3)ccnc2c1. The molecule has 0 bridgehead atoms. The third kappa shape index (κ3) is 5.31. The molecule has 146 valence electrons. The fourth-order valence-electron chi connectivity index (χ4n) is 3.22. The van der Waals surface area contributed by atoms with Crippen molar-refractivity contribution in [1.82, 2.24) is 15.0 Å². The summed E-state index contributed by atoms with van der Waals surface area (Å²) in [6, 6.07) is 18.1. The van der Waals surface area contributed by atoms with Gasteiger partial charge in [0.05, 0.1) is 5.52 Å². The molecule has 4 nitrogen and oxygen atoms in total. The zero-order valence-electron chi connectivity index (χ0n) is 15.8. The fraction of sp³-hybridized carbons (Fsp3) is 0.174. The van der Waals surface area contributed by atoms with E-state index in [-0.39, 0.29) is 0 Å². The molecular formula is C23H20BrClN4. The molecule has 0 fully saturated rings. The van der Waals surface area contributed by atoms with Crippen LogP contribution in [0.4, 0.5) is 5.69 Å². The van der Waals surface area contributed by atoms with E-state index in [0.717, 1.165) is 58.4 Å². The molecule has 2 heterocycles. The Balaban J connectivity index is 1.34. The van der Waals surface area contributed by atoms with Gasteiger partial charge in [-0.1, -0.05) is 39.7 Å². The third-order valence-corrected chi connectivity index (χ3v) is 5.42. The Kier molecular flexibility index (Phi) is 6.37. The molecule has 1 N–H and O–H groups in total. The summed E-state index contributed by atoms with van der Waals surface area (Å²) in [6.45, 7) is 0.835. The van der Waals surface area contributed by atoms with Gasteiger partial charge in [0.2, 0.25) is 0 Å². The maximum absolute atomic E-state index is 6.06. The number of fused-ring (bicyclic) bond motifs is 1. The molecule has 0 amide bonds. The van der Waals surface area contributed by atoms with Gasteiger partial charge in [0.1, 0.15) is 5.82 Å². The van der Waals surface area contributed by atoms with Crippen LogP contribution < -0.4 is 5.32 Å². The largest absolute Gasteiger partial charge is 0.384 e. The number of aromatic nitrogens is 3. The number of halogens is 2. The van der Waals surface area contributed by atoms with E-state index in [2.05, 4.69) is 55.5 Å². The smallest absolute Gasteiger partial charge is 0.128 e. The van der Waals surface area contributed by atoms with Crippen LogP contribution in [0.25, 0.3) is 10.9 Å². The second-order valence-corrected chi connectivity index (χ2v) is 8.17. The van der Waals surface area contributed by atoms with Crippen molar-refractivity contribution >= 4 is 44.1 Å². The highest BCUT2D eigenvalue weighted by Crippen LogP contribution is 2.24. The van der Waals surface area contributed by atoms with E-state index in [9.17, 15) is 0 Å². The van der Waals surface area contributed by atoms with Gasteiger partial charge in [-0.05, 0) is 54.4 Å². The van der Waals surface area contributed by atoms with Crippen LogP contribution in [-0.4, -0.2) is 21.5 Å². The minimum atomic E-state index is 0.697. The number of pyridine rings is 1. The van der Waals surface area contributed by atoms with Crippen molar-refractivity contribution < 1.29 is 0 Å². The lowest BCUT2D eigenvalue weighted by Crippen LogP contribution is -2.06. The van der Waals surface area contributed by atoms with Crippen molar-refractivity contribution in [3.8, 4) is 0 Å². The van der Waals surface area contributed by atoms with E-state index in [1.165, 1.54) is 5.56 Å². The predicted octanol–water partition coefficient (Wildman–Crippen LogP) is 6.08. The van der Waals surface area contributed by atoms with Crippen molar-refractivity contribution in [3.05, 3.63) is 93.6 Å². The van der Waals surface area contributed by atoms with Crippen molar-refractivity contribution in [2.24, 2.45) is 0 Å². The summed E-state index contributed by atoms with van der Waals surface area (Å²) in [5.74, 6) is 0.882. The average Bonchev–Trinajstić information content (AvgIpc) is 2.73. The summed E-state index contributed by atoms with van der Waals surface area (Å²) >= 11 is 9.53. The van der Waals surface area contributed by atoms with E-state index in [4.69, 9.17) is 16.6 Å². The van der Waals surface area contributed by atoms with Crippen molar-refractivity contribution in [2.75, 3.05) is 11.9 Å². The standard InChI is InChI=1S/C23H20BrClN4/c24-17-5-3-16(4-6-17)14-19-9-12-28-23(29-19)2-1-11-26-21-10-13-27-22-15-18(25)7-8-20(21)22/h3-10,12-13,15H,1-2,11,14H2,(H,26,27). The molecule has 2 aromatic heterocycles. The zero-order valence-corrected chi connectivity index (χ0v) is 18.1. The summed E-state index contributed by atoms with van der Waals surface area (Å²) in [6.07, 6.45) is 6.24. The van der Waals surface area contributed by atoms with E-state index < -0.39 is 0 Å². The van der Waals surface area contributed by atoms with Gasteiger partial charge in [-0.15, -0.1) is 0 Å². The molecule has 0 spiro atoms. The van der Waals surface area contributed by atoms with Crippen LogP contribution in [0.15, 0.2) is 71.5 Å². The van der Waals surface area contributed by atoms with Gasteiger partial charge >= 0.3 is 0 Å². The summed E-state index contributed by atoms with van der Waals surface area (Å²) in [5.41, 5.74) is 4.24. The van der Waals surface area contributed by atoms with Gasteiger partial charge < -0.3 is 5.32 Å². The Morgan fingerprint density at radius 2 is 1.76 bits per heavy atom. The summed E-state index contributed by atoms with van der Waals surface area (Å²) < 4.78 is 1.09. The van der Waals surface area contributed by atoms with Crippen LogP contribution in [0.2, 0.25) is 5.02 Å². The number of benzene rings is 2. The van der Waals surface area contributed by atoms with Crippen LogP contribution in [0, 0.1) is 0 Å². The van der Waals surface area contributed by atoms with Gasteiger partial charge in [-0.25, -0.2) is 9.97 Å². The Bertz CT molecular complexity index is 1120. The van der Waals surface area contributed by atoms with Crippen molar-refractivity contribution in [1.29, 1.82) is 0 Å². The summed E-state index contributed by atoms with van der Waals surface area (Å²) in [5, 5.41) is 5.26. The van der Waals surface area contributed by atoms with Gasteiger partial charge in [-0.3, -0.25) is 4.98 Å². The number of anilines is 1. The minimum Gasteiger partial charge on any atom is -0.384 e. The molecule has 0 aliphatic rings. The maximum atomic E-state index is 6.06. The van der Waals surface area contributed by atoms with Crippen LogP contribution in [0.3, 0.4) is 0 Å². The zero-order chi connectivity index (χ0) is 20.1.